The maximum Gasteiger partial charge on any atom is 0.326 e. The van der Waals surface area contributed by atoms with Crippen molar-refractivity contribution in [1.29, 1.82) is 0 Å². The molecule has 0 bridgehead atoms. The molecule has 0 aromatic heterocycles. The number of amides is 3. The van der Waals surface area contributed by atoms with Gasteiger partial charge in [0, 0.05) is 6.54 Å². The molecule has 1 aliphatic heterocycles. The molecule has 0 spiro atoms. The van der Waals surface area contributed by atoms with Crippen LogP contribution in [0.4, 0.5) is 0 Å². The minimum atomic E-state index is -1.05. The number of carbonyl (C=O) groups is 5. The number of nitrogens with one attached hydrogen (secondary N) is 3. The van der Waals surface area contributed by atoms with Crippen LogP contribution in [0.2, 0.25) is 0 Å². The minimum Gasteiger partial charge on any atom is -0.480 e. The van der Waals surface area contributed by atoms with Gasteiger partial charge in [-0.05, 0) is 42.9 Å². The average molecular weight is 525 g/mol. The molecule has 0 aromatic rings. The summed E-state index contributed by atoms with van der Waals surface area (Å²) in [7, 11) is 0. The first-order valence-electron chi connectivity index (χ1n) is 13.6. The normalized spacial score (nSPS) is 19.9. The Hall–Kier alpha value is -2.49. The number of aliphatic carboxylic acids is 1. The van der Waals surface area contributed by atoms with Gasteiger partial charge < -0.3 is 25.4 Å². The maximum absolute atomic E-state index is 13.5. The lowest BCUT2D eigenvalue weighted by molar-refractivity contribution is -0.150. The molecule has 1 saturated heterocycles. The molecule has 4 N–H and O–H groups in total. The molecule has 1 aliphatic rings. The summed E-state index contributed by atoms with van der Waals surface area (Å²) < 4.78 is 0. The Bertz CT molecular complexity index is 800. The molecular formula is C27H48N4O6. The quantitative estimate of drug-likeness (QED) is 0.240. The zero-order valence-electron chi connectivity index (χ0n) is 23.7. The van der Waals surface area contributed by atoms with Crippen LogP contribution in [-0.2, 0) is 24.0 Å². The number of likely N-dealkylation sites (tertiary alicyclic amines) is 1. The highest BCUT2D eigenvalue weighted by Gasteiger charge is 2.40. The van der Waals surface area contributed by atoms with E-state index >= 15 is 0 Å². The molecular weight excluding hydrogens is 476 g/mol. The number of nitrogens with zero attached hydrogens (tertiary/aromatic N) is 1. The third kappa shape index (κ3) is 9.39. The van der Waals surface area contributed by atoms with Crippen molar-refractivity contribution in [2.75, 3.05) is 6.54 Å². The van der Waals surface area contributed by atoms with Crippen molar-refractivity contribution in [2.45, 2.75) is 111 Å². The van der Waals surface area contributed by atoms with Crippen LogP contribution < -0.4 is 16.0 Å². The average Bonchev–Trinajstić information content (AvgIpc) is 3.32. The minimum absolute atomic E-state index is 0.00773. The van der Waals surface area contributed by atoms with Crippen molar-refractivity contribution in [3.05, 3.63) is 0 Å². The van der Waals surface area contributed by atoms with Gasteiger partial charge in [0.2, 0.25) is 17.7 Å². The van der Waals surface area contributed by atoms with Gasteiger partial charge in [-0.15, -0.1) is 0 Å². The van der Waals surface area contributed by atoms with E-state index in [-0.39, 0.29) is 29.6 Å². The molecule has 0 radical (unpaired) electrons. The molecule has 1 rings (SSSR count). The molecule has 10 heteroatoms. The molecule has 3 amide bonds. The lowest BCUT2D eigenvalue weighted by atomic mass is 9.94. The molecule has 37 heavy (non-hydrogen) atoms. The Morgan fingerprint density at radius 1 is 0.946 bits per heavy atom. The topological polar surface area (TPSA) is 145 Å². The van der Waals surface area contributed by atoms with Crippen molar-refractivity contribution < 1.29 is 29.1 Å². The number of carboxylic acid groups (broad SMARTS) is 1. The summed E-state index contributed by atoms with van der Waals surface area (Å²) in [5.74, 6) is -2.68. The highest BCUT2D eigenvalue weighted by Crippen LogP contribution is 2.21. The fourth-order valence-electron chi connectivity index (χ4n) is 4.52. The van der Waals surface area contributed by atoms with Gasteiger partial charge in [-0.25, -0.2) is 4.79 Å². The fourth-order valence-corrected chi connectivity index (χ4v) is 4.52. The first-order valence-corrected chi connectivity index (χ1v) is 13.6. The van der Waals surface area contributed by atoms with E-state index in [1.165, 1.54) is 4.90 Å². The van der Waals surface area contributed by atoms with Gasteiger partial charge >= 0.3 is 5.97 Å². The van der Waals surface area contributed by atoms with Crippen LogP contribution in [0, 0.1) is 23.7 Å². The largest absolute Gasteiger partial charge is 0.480 e. The van der Waals surface area contributed by atoms with Crippen LogP contribution in [0.3, 0.4) is 0 Å². The standard InChI is InChI=1S/C27H48N4O6/c1-9-18(8)23(30-24(33)19(13-15(2)3)28-20(14-32)16(4)5)25(34)29-22(17(6)7)26(35)31-12-10-11-21(31)27(36)37/h14-23,28H,9-13H2,1-8H3,(H,29,34)(H,30,33)(H,36,37)/t18-,19-,20+,21-,22-,23-/m0/s1. The Labute approximate surface area is 221 Å². The molecule has 0 aliphatic carbocycles. The predicted molar refractivity (Wildman–Crippen MR) is 142 cm³/mol. The number of carboxylic acids is 1. The van der Waals surface area contributed by atoms with Crippen LogP contribution in [0.5, 0.6) is 0 Å². The van der Waals surface area contributed by atoms with Gasteiger partial charge in [0.25, 0.3) is 0 Å². The molecule has 6 atom stereocenters. The number of hydrogen-bond acceptors (Lipinski definition) is 6. The van der Waals surface area contributed by atoms with E-state index in [0.717, 1.165) is 6.29 Å². The first kappa shape index (κ1) is 32.5. The number of rotatable bonds is 15. The van der Waals surface area contributed by atoms with Gasteiger partial charge in [0.15, 0.2) is 0 Å². The van der Waals surface area contributed by atoms with Crippen LogP contribution in [0.15, 0.2) is 0 Å². The van der Waals surface area contributed by atoms with Crippen LogP contribution in [-0.4, -0.2) is 76.7 Å². The molecule has 0 saturated carbocycles. The van der Waals surface area contributed by atoms with Crippen LogP contribution in [0.1, 0.15) is 81.1 Å². The van der Waals surface area contributed by atoms with Crippen molar-refractivity contribution in [3.63, 3.8) is 0 Å². The SMILES string of the molecule is CC[C@H](C)[C@H](NC(=O)[C@H](CC(C)C)N[C@H](C=O)C(C)C)C(=O)N[C@H](C(=O)N1CCC[C@H]1C(=O)O)C(C)C. The van der Waals surface area contributed by atoms with E-state index in [4.69, 9.17) is 0 Å². The van der Waals surface area contributed by atoms with Gasteiger partial charge in [0.1, 0.15) is 24.4 Å². The summed E-state index contributed by atoms with van der Waals surface area (Å²) in [5, 5.41) is 18.3. The van der Waals surface area contributed by atoms with Gasteiger partial charge in [-0.3, -0.25) is 19.7 Å². The fraction of sp³-hybridized carbons (Fsp3) is 0.815. The molecule has 1 heterocycles. The number of carbonyl (C=O) groups excluding carboxylic acids is 4. The second kappa shape index (κ2) is 15.1. The third-order valence-corrected chi connectivity index (χ3v) is 7.13. The zero-order valence-corrected chi connectivity index (χ0v) is 23.7. The lowest BCUT2D eigenvalue weighted by Gasteiger charge is -2.32. The van der Waals surface area contributed by atoms with Crippen molar-refractivity contribution >= 4 is 30.0 Å². The van der Waals surface area contributed by atoms with E-state index in [0.29, 0.717) is 32.2 Å². The number of hydrogen-bond donors (Lipinski definition) is 4. The Kier molecular flexibility index (Phi) is 13.2. The highest BCUT2D eigenvalue weighted by atomic mass is 16.4. The summed E-state index contributed by atoms with van der Waals surface area (Å²) >= 11 is 0. The predicted octanol–water partition coefficient (Wildman–Crippen LogP) is 1.96. The van der Waals surface area contributed by atoms with Gasteiger partial charge in [-0.1, -0.05) is 61.8 Å². The van der Waals surface area contributed by atoms with E-state index < -0.39 is 48.0 Å². The van der Waals surface area contributed by atoms with Crippen molar-refractivity contribution in [2.24, 2.45) is 23.7 Å². The molecule has 10 nitrogen and oxygen atoms in total. The van der Waals surface area contributed by atoms with E-state index in [1.807, 2.05) is 41.5 Å². The van der Waals surface area contributed by atoms with Crippen molar-refractivity contribution in [1.82, 2.24) is 20.9 Å². The second-order valence-corrected chi connectivity index (χ2v) is 11.4. The number of aldehydes is 1. The monoisotopic (exact) mass is 524 g/mol. The maximum atomic E-state index is 13.5. The summed E-state index contributed by atoms with van der Waals surface area (Å²) in [5.41, 5.74) is 0. The van der Waals surface area contributed by atoms with Crippen molar-refractivity contribution in [3.8, 4) is 0 Å². The molecule has 1 fully saturated rings. The van der Waals surface area contributed by atoms with Gasteiger partial charge in [0.05, 0.1) is 12.1 Å². The summed E-state index contributed by atoms with van der Waals surface area (Å²) in [6.07, 6.45) is 2.86. The first-order chi connectivity index (χ1) is 17.2. The summed E-state index contributed by atoms with van der Waals surface area (Å²) in [6.45, 7) is 15.4. The lowest BCUT2D eigenvalue weighted by Crippen LogP contribution is -2.60. The molecule has 0 unspecified atom stereocenters. The van der Waals surface area contributed by atoms with Crippen LogP contribution in [0.25, 0.3) is 0 Å². The van der Waals surface area contributed by atoms with Crippen LogP contribution >= 0.6 is 0 Å². The van der Waals surface area contributed by atoms with E-state index in [2.05, 4.69) is 16.0 Å². The van der Waals surface area contributed by atoms with Gasteiger partial charge in [-0.2, -0.15) is 0 Å². The molecule has 0 aromatic carbocycles. The highest BCUT2D eigenvalue weighted by molar-refractivity contribution is 5.94. The summed E-state index contributed by atoms with van der Waals surface area (Å²) in [6, 6.07) is -3.88. The third-order valence-electron chi connectivity index (χ3n) is 7.13. The van der Waals surface area contributed by atoms with E-state index in [1.54, 1.807) is 13.8 Å². The molecule has 212 valence electrons. The second-order valence-electron chi connectivity index (χ2n) is 11.4. The van der Waals surface area contributed by atoms with E-state index in [9.17, 15) is 29.1 Å². The zero-order chi connectivity index (χ0) is 28.4. The summed E-state index contributed by atoms with van der Waals surface area (Å²) in [4.78, 5) is 64.6. The Morgan fingerprint density at radius 2 is 1.54 bits per heavy atom. The Balaban J connectivity index is 3.12. The Morgan fingerprint density at radius 3 is 2.00 bits per heavy atom. The smallest absolute Gasteiger partial charge is 0.326 e.